The third-order valence-corrected chi connectivity index (χ3v) is 10.1. The number of rotatable bonds is 5. The standard InChI is InChI=1S/C32H34ClFN6O.2ClH/c1-19-13-32(11-4-12-40(32)15-19)18-41-31-37-29-24(30(38-31)39-16-21-9-10-22(17-39)36-21)14-35-28(27(29)34)23-7-2-5-20-6-3-8-25(33)26(20)23;;/h2-3,5-8,14,19,21-22,36H,4,9-13,15-18H2,1H3;2*1H/t19?,21-,22+,32?;;. The predicted molar refractivity (Wildman–Crippen MR) is 175 cm³/mol. The van der Waals surface area contributed by atoms with E-state index in [0.29, 0.717) is 46.4 Å². The first kappa shape index (κ1) is 30.5. The molecule has 0 saturated carbocycles. The Balaban J connectivity index is 0.00000165. The van der Waals surface area contributed by atoms with Crippen LogP contribution in [0, 0.1) is 11.7 Å². The molecule has 4 aliphatic rings. The summed E-state index contributed by atoms with van der Waals surface area (Å²) in [5, 5.41) is 6.58. The minimum atomic E-state index is -0.475. The number of fused-ring (bicyclic) bond motifs is 5. The van der Waals surface area contributed by atoms with Crippen LogP contribution in [-0.2, 0) is 0 Å². The number of hydrogen-bond donors (Lipinski definition) is 1. The van der Waals surface area contributed by atoms with Crippen LogP contribution in [0.25, 0.3) is 32.9 Å². The Labute approximate surface area is 268 Å². The van der Waals surface area contributed by atoms with Gasteiger partial charge >= 0.3 is 6.01 Å². The summed E-state index contributed by atoms with van der Waals surface area (Å²) in [6.45, 7) is 6.69. The monoisotopic (exact) mass is 644 g/mol. The van der Waals surface area contributed by atoms with E-state index in [1.807, 2.05) is 36.4 Å². The van der Waals surface area contributed by atoms with Crippen LogP contribution in [0.4, 0.5) is 10.2 Å². The molecule has 4 saturated heterocycles. The average Bonchev–Trinajstić information content (AvgIpc) is 3.62. The summed E-state index contributed by atoms with van der Waals surface area (Å²) in [6, 6.07) is 12.5. The van der Waals surface area contributed by atoms with Crippen LogP contribution in [-0.4, -0.2) is 70.3 Å². The van der Waals surface area contributed by atoms with Crippen molar-refractivity contribution in [3.63, 3.8) is 0 Å². The van der Waals surface area contributed by atoms with E-state index in [2.05, 4.69) is 27.0 Å². The molecule has 11 heteroatoms. The number of halogens is 4. The van der Waals surface area contributed by atoms with Gasteiger partial charge in [-0.15, -0.1) is 24.8 Å². The largest absolute Gasteiger partial charge is 0.461 e. The van der Waals surface area contributed by atoms with Crippen molar-refractivity contribution in [1.29, 1.82) is 0 Å². The van der Waals surface area contributed by atoms with E-state index in [1.54, 1.807) is 6.20 Å². The van der Waals surface area contributed by atoms with E-state index in [-0.39, 0.29) is 47.6 Å². The molecule has 2 aromatic heterocycles. The predicted octanol–water partition coefficient (Wildman–Crippen LogP) is 6.67. The Bertz CT molecular complexity index is 1660. The lowest BCUT2D eigenvalue weighted by molar-refractivity contribution is 0.107. The number of piperazine rings is 1. The van der Waals surface area contributed by atoms with Crippen LogP contribution < -0.4 is 15.0 Å². The lowest BCUT2D eigenvalue weighted by Gasteiger charge is -2.34. The maximum Gasteiger partial charge on any atom is 0.319 e. The number of nitrogens with one attached hydrogen (secondary N) is 1. The molecule has 1 N–H and O–H groups in total. The topological polar surface area (TPSA) is 66.4 Å². The number of benzene rings is 2. The van der Waals surface area contributed by atoms with Crippen molar-refractivity contribution < 1.29 is 9.13 Å². The van der Waals surface area contributed by atoms with Gasteiger partial charge in [0.05, 0.1) is 10.9 Å². The molecule has 0 aliphatic carbocycles. The average molecular weight is 646 g/mol. The van der Waals surface area contributed by atoms with Gasteiger partial charge in [-0.1, -0.05) is 48.9 Å². The zero-order valence-electron chi connectivity index (χ0n) is 24.1. The number of nitrogens with zero attached hydrogens (tertiary/aromatic N) is 5. The zero-order valence-corrected chi connectivity index (χ0v) is 26.5. The van der Waals surface area contributed by atoms with E-state index >= 15 is 4.39 Å². The number of anilines is 1. The van der Waals surface area contributed by atoms with Crippen LogP contribution in [0.15, 0.2) is 42.6 Å². The number of hydrogen-bond acceptors (Lipinski definition) is 7. The summed E-state index contributed by atoms with van der Waals surface area (Å²) >= 11 is 6.61. The summed E-state index contributed by atoms with van der Waals surface area (Å²) < 4.78 is 23.1. The van der Waals surface area contributed by atoms with Crippen LogP contribution in [0.2, 0.25) is 5.02 Å². The molecule has 4 aromatic rings. The van der Waals surface area contributed by atoms with E-state index in [0.717, 1.165) is 62.6 Å². The smallest absolute Gasteiger partial charge is 0.319 e. The Morgan fingerprint density at radius 3 is 2.63 bits per heavy atom. The van der Waals surface area contributed by atoms with Gasteiger partial charge < -0.3 is 15.0 Å². The van der Waals surface area contributed by atoms with Crippen LogP contribution in [0.3, 0.4) is 0 Å². The van der Waals surface area contributed by atoms with Gasteiger partial charge in [0.2, 0.25) is 0 Å². The van der Waals surface area contributed by atoms with Crippen LogP contribution in [0.5, 0.6) is 6.01 Å². The van der Waals surface area contributed by atoms with Gasteiger partial charge in [0.25, 0.3) is 0 Å². The van der Waals surface area contributed by atoms with Crippen molar-refractivity contribution in [2.45, 2.75) is 56.7 Å². The summed E-state index contributed by atoms with van der Waals surface area (Å²) in [6.07, 6.45) is 7.41. The van der Waals surface area contributed by atoms with E-state index in [4.69, 9.17) is 26.3 Å². The first-order valence-corrected chi connectivity index (χ1v) is 15.3. The molecule has 0 radical (unpaired) electrons. The first-order valence-electron chi connectivity index (χ1n) is 14.9. The maximum atomic E-state index is 16.6. The molecular formula is C32H36Cl3FN6O. The first-order chi connectivity index (χ1) is 20.0. The fraction of sp³-hybridized carbons (Fsp3) is 0.469. The van der Waals surface area contributed by atoms with Gasteiger partial charge in [0.1, 0.15) is 23.6 Å². The maximum absolute atomic E-state index is 16.6. The molecule has 2 bridgehead atoms. The Morgan fingerprint density at radius 2 is 1.84 bits per heavy atom. The second-order valence-electron chi connectivity index (χ2n) is 12.6. The van der Waals surface area contributed by atoms with Crippen LogP contribution in [0.1, 0.15) is 39.0 Å². The highest BCUT2D eigenvalue weighted by atomic mass is 35.5. The van der Waals surface area contributed by atoms with Crippen molar-refractivity contribution in [2.75, 3.05) is 37.7 Å². The molecule has 4 aliphatic heterocycles. The quantitative estimate of drug-likeness (QED) is 0.260. The van der Waals surface area contributed by atoms with Gasteiger partial charge in [0.15, 0.2) is 5.82 Å². The third kappa shape index (κ3) is 5.19. The zero-order chi connectivity index (χ0) is 27.7. The minimum Gasteiger partial charge on any atom is -0.461 e. The normalized spacial score (nSPS) is 26.4. The van der Waals surface area contributed by atoms with Gasteiger partial charge in [-0.2, -0.15) is 9.97 Å². The van der Waals surface area contributed by atoms with E-state index < -0.39 is 5.82 Å². The second kappa shape index (κ2) is 11.8. The fourth-order valence-electron chi connectivity index (χ4n) is 8.00. The molecule has 0 amide bonds. The molecule has 6 heterocycles. The highest BCUT2D eigenvalue weighted by molar-refractivity contribution is 6.36. The lowest BCUT2D eigenvalue weighted by atomic mass is 9.92. The van der Waals surface area contributed by atoms with Crippen molar-refractivity contribution >= 4 is 63.9 Å². The summed E-state index contributed by atoms with van der Waals surface area (Å²) in [7, 11) is 0. The lowest BCUT2D eigenvalue weighted by Crippen LogP contribution is -2.51. The number of pyridine rings is 1. The minimum absolute atomic E-state index is 0. The Kier molecular flexibility index (Phi) is 8.37. The van der Waals surface area contributed by atoms with Gasteiger partial charge in [-0.3, -0.25) is 9.88 Å². The highest BCUT2D eigenvalue weighted by Crippen LogP contribution is 2.42. The SMILES string of the molecule is CC1CN2CCCC2(COc2nc(N3C[C@H]4CC[C@@H](C3)N4)c3cnc(-c4cccc5cccc(Cl)c45)c(F)c3n2)C1.Cl.Cl. The van der Waals surface area contributed by atoms with Gasteiger partial charge in [-0.05, 0) is 56.0 Å². The Hall–Kier alpha value is -2.49. The third-order valence-electron chi connectivity index (χ3n) is 9.74. The molecule has 2 aromatic carbocycles. The molecule has 2 unspecified atom stereocenters. The number of ether oxygens (including phenoxy) is 1. The molecule has 228 valence electrons. The number of aromatic nitrogens is 3. The summed E-state index contributed by atoms with van der Waals surface area (Å²) in [5.41, 5.74) is 1.15. The van der Waals surface area contributed by atoms with Crippen molar-refractivity contribution in [2.24, 2.45) is 5.92 Å². The van der Waals surface area contributed by atoms with Crippen molar-refractivity contribution in [3.8, 4) is 17.3 Å². The second-order valence-corrected chi connectivity index (χ2v) is 13.0. The van der Waals surface area contributed by atoms with Crippen molar-refractivity contribution in [1.82, 2.24) is 25.2 Å². The molecule has 7 nitrogen and oxygen atoms in total. The van der Waals surface area contributed by atoms with Crippen molar-refractivity contribution in [3.05, 3.63) is 53.4 Å². The molecule has 0 spiro atoms. The fourth-order valence-corrected chi connectivity index (χ4v) is 8.28. The van der Waals surface area contributed by atoms with E-state index in [1.165, 1.54) is 6.42 Å². The summed E-state index contributed by atoms with van der Waals surface area (Å²) in [5.74, 6) is 0.872. The van der Waals surface area contributed by atoms with Gasteiger partial charge in [-0.25, -0.2) is 4.39 Å². The van der Waals surface area contributed by atoms with E-state index in [9.17, 15) is 0 Å². The highest BCUT2D eigenvalue weighted by Gasteiger charge is 2.48. The Morgan fingerprint density at radius 1 is 1.07 bits per heavy atom. The molecular weight excluding hydrogens is 610 g/mol. The summed E-state index contributed by atoms with van der Waals surface area (Å²) in [4.78, 5) is 19.2. The molecule has 4 fully saturated rings. The van der Waals surface area contributed by atoms with Crippen LogP contribution >= 0.6 is 36.4 Å². The molecule has 8 rings (SSSR count). The molecule has 4 atom stereocenters. The molecule has 43 heavy (non-hydrogen) atoms. The van der Waals surface area contributed by atoms with Gasteiger partial charge in [0, 0.05) is 53.9 Å².